The summed E-state index contributed by atoms with van der Waals surface area (Å²) in [6.45, 7) is 8.73. The molecule has 1 heterocycles. The maximum atomic E-state index is 10.7. The quantitative estimate of drug-likeness (QED) is 0.839. The van der Waals surface area contributed by atoms with Crippen molar-refractivity contribution in [2.75, 3.05) is 11.9 Å². The molecule has 4 nitrogen and oxygen atoms in total. The van der Waals surface area contributed by atoms with E-state index in [9.17, 15) is 5.11 Å². The standard InChI is InChI=1S/C15H24ClN3O/c1-10-12(16)18-11(2)19-13(10)17-9-15(20)7-5-14(3,4)6-8-15/h20H,5-9H2,1-4H3,(H,17,18,19). The minimum Gasteiger partial charge on any atom is -0.388 e. The first-order chi connectivity index (χ1) is 9.21. The highest BCUT2D eigenvalue weighted by molar-refractivity contribution is 6.30. The molecule has 1 aliphatic carbocycles. The Labute approximate surface area is 126 Å². The van der Waals surface area contributed by atoms with Crippen LogP contribution in [0.3, 0.4) is 0 Å². The van der Waals surface area contributed by atoms with Gasteiger partial charge in [-0.1, -0.05) is 25.4 Å². The summed E-state index contributed by atoms with van der Waals surface area (Å²) in [5.41, 5.74) is 0.529. The molecule has 1 aromatic rings. The Hall–Kier alpha value is -0.870. The molecule has 20 heavy (non-hydrogen) atoms. The van der Waals surface area contributed by atoms with E-state index in [4.69, 9.17) is 11.6 Å². The highest BCUT2D eigenvalue weighted by Gasteiger charge is 2.36. The van der Waals surface area contributed by atoms with E-state index in [1.165, 1.54) is 0 Å². The SMILES string of the molecule is Cc1nc(Cl)c(C)c(NCC2(O)CCC(C)(C)CC2)n1. The zero-order chi connectivity index (χ0) is 15.0. The minimum absolute atomic E-state index is 0.344. The van der Waals surface area contributed by atoms with Gasteiger partial charge in [0.15, 0.2) is 0 Å². The van der Waals surface area contributed by atoms with E-state index in [0.717, 1.165) is 37.1 Å². The molecule has 0 radical (unpaired) electrons. The number of halogens is 1. The Kier molecular flexibility index (Phi) is 4.26. The second kappa shape index (κ2) is 5.49. The fourth-order valence-corrected chi connectivity index (χ4v) is 2.80. The van der Waals surface area contributed by atoms with Crippen molar-refractivity contribution in [1.82, 2.24) is 9.97 Å². The molecule has 0 spiro atoms. The Bertz CT molecular complexity index is 492. The van der Waals surface area contributed by atoms with Gasteiger partial charge in [0.25, 0.3) is 0 Å². The second-order valence-electron chi connectivity index (χ2n) is 6.78. The van der Waals surface area contributed by atoms with Crippen molar-refractivity contribution >= 4 is 17.4 Å². The van der Waals surface area contributed by atoms with Gasteiger partial charge < -0.3 is 10.4 Å². The summed E-state index contributed by atoms with van der Waals surface area (Å²) in [5, 5.41) is 14.4. The molecule has 1 saturated carbocycles. The van der Waals surface area contributed by atoms with Gasteiger partial charge in [0.2, 0.25) is 0 Å². The topological polar surface area (TPSA) is 58.0 Å². The molecule has 2 rings (SSSR count). The molecule has 0 aliphatic heterocycles. The lowest BCUT2D eigenvalue weighted by Crippen LogP contribution is -2.42. The van der Waals surface area contributed by atoms with Crippen LogP contribution in [0, 0.1) is 19.3 Å². The van der Waals surface area contributed by atoms with Crippen LogP contribution in [-0.2, 0) is 0 Å². The highest BCUT2D eigenvalue weighted by Crippen LogP contribution is 2.40. The van der Waals surface area contributed by atoms with E-state index in [0.29, 0.717) is 22.9 Å². The second-order valence-corrected chi connectivity index (χ2v) is 7.14. The van der Waals surface area contributed by atoms with Gasteiger partial charge in [-0.25, -0.2) is 9.97 Å². The van der Waals surface area contributed by atoms with Crippen molar-refractivity contribution in [3.8, 4) is 0 Å². The van der Waals surface area contributed by atoms with Crippen LogP contribution >= 0.6 is 11.6 Å². The van der Waals surface area contributed by atoms with E-state index in [1.807, 2.05) is 13.8 Å². The molecule has 1 fully saturated rings. The van der Waals surface area contributed by atoms with Crippen molar-refractivity contribution in [2.45, 2.75) is 59.0 Å². The predicted octanol–water partition coefficient (Wildman–Crippen LogP) is 3.49. The third kappa shape index (κ3) is 3.61. The zero-order valence-corrected chi connectivity index (χ0v) is 13.5. The van der Waals surface area contributed by atoms with Crippen molar-refractivity contribution < 1.29 is 5.11 Å². The molecule has 5 heteroatoms. The number of nitrogens with zero attached hydrogens (tertiary/aromatic N) is 2. The summed E-state index contributed by atoms with van der Waals surface area (Å²) in [5.74, 6) is 1.36. The third-order valence-corrected chi connectivity index (χ3v) is 4.69. The number of nitrogens with one attached hydrogen (secondary N) is 1. The fraction of sp³-hybridized carbons (Fsp3) is 0.733. The number of hydrogen-bond donors (Lipinski definition) is 2. The average Bonchev–Trinajstić information content (AvgIpc) is 2.36. The molecule has 0 aromatic carbocycles. The van der Waals surface area contributed by atoms with Crippen LogP contribution in [0.1, 0.15) is 50.9 Å². The van der Waals surface area contributed by atoms with Crippen LogP contribution in [0.25, 0.3) is 0 Å². The largest absolute Gasteiger partial charge is 0.388 e. The molecule has 1 aliphatic rings. The molecule has 1 aromatic heterocycles. The lowest BCUT2D eigenvalue weighted by molar-refractivity contribution is -0.0146. The van der Waals surface area contributed by atoms with Gasteiger partial charge in [0.1, 0.15) is 16.8 Å². The van der Waals surface area contributed by atoms with Gasteiger partial charge in [-0.05, 0) is 44.9 Å². The Balaban J connectivity index is 2.02. The first kappa shape index (κ1) is 15.5. The molecule has 0 atom stereocenters. The van der Waals surface area contributed by atoms with Crippen LogP contribution in [0.2, 0.25) is 5.15 Å². The third-order valence-electron chi connectivity index (χ3n) is 4.32. The van der Waals surface area contributed by atoms with Gasteiger partial charge in [-0.15, -0.1) is 0 Å². The normalized spacial score (nSPS) is 20.7. The summed E-state index contributed by atoms with van der Waals surface area (Å²) >= 11 is 6.06. The molecule has 112 valence electrons. The number of aromatic nitrogens is 2. The van der Waals surface area contributed by atoms with E-state index in [-0.39, 0.29) is 0 Å². The maximum absolute atomic E-state index is 10.7. The number of hydrogen-bond acceptors (Lipinski definition) is 4. The van der Waals surface area contributed by atoms with Gasteiger partial charge in [-0.2, -0.15) is 0 Å². The predicted molar refractivity (Wildman–Crippen MR) is 82.2 cm³/mol. The maximum Gasteiger partial charge on any atom is 0.137 e. The number of aryl methyl sites for hydroxylation is 1. The molecule has 0 unspecified atom stereocenters. The van der Waals surface area contributed by atoms with Crippen molar-refractivity contribution in [1.29, 1.82) is 0 Å². The van der Waals surface area contributed by atoms with Crippen molar-refractivity contribution in [3.05, 3.63) is 16.5 Å². The number of aliphatic hydroxyl groups is 1. The monoisotopic (exact) mass is 297 g/mol. The van der Waals surface area contributed by atoms with E-state index < -0.39 is 5.60 Å². The summed E-state index contributed by atoms with van der Waals surface area (Å²) in [6, 6.07) is 0. The van der Waals surface area contributed by atoms with Crippen LogP contribution in [0.4, 0.5) is 5.82 Å². The van der Waals surface area contributed by atoms with Crippen LogP contribution in [-0.4, -0.2) is 27.2 Å². The van der Waals surface area contributed by atoms with Gasteiger partial charge >= 0.3 is 0 Å². The Morgan fingerprint density at radius 3 is 2.35 bits per heavy atom. The van der Waals surface area contributed by atoms with Crippen molar-refractivity contribution in [2.24, 2.45) is 5.41 Å². The van der Waals surface area contributed by atoms with Crippen LogP contribution < -0.4 is 5.32 Å². The Morgan fingerprint density at radius 2 is 1.75 bits per heavy atom. The van der Waals surface area contributed by atoms with E-state index in [1.54, 1.807) is 0 Å². The smallest absolute Gasteiger partial charge is 0.137 e. The lowest BCUT2D eigenvalue weighted by Gasteiger charge is -2.40. The molecule has 0 saturated heterocycles. The molecular weight excluding hydrogens is 274 g/mol. The van der Waals surface area contributed by atoms with Gasteiger partial charge in [0.05, 0.1) is 5.60 Å². The summed E-state index contributed by atoms with van der Waals surface area (Å²) in [7, 11) is 0. The van der Waals surface area contributed by atoms with Gasteiger partial charge in [0, 0.05) is 12.1 Å². The van der Waals surface area contributed by atoms with Gasteiger partial charge in [-0.3, -0.25) is 0 Å². The molecule has 0 bridgehead atoms. The van der Waals surface area contributed by atoms with E-state index in [2.05, 4.69) is 29.1 Å². The average molecular weight is 298 g/mol. The van der Waals surface area contributed by atoms with E-state index >= 15 is 0 Å². The molecule has 2 N–H and O–H groups in total. The first-order valence-electron chi connectivity index (χ1n) is 7.18. The van der Waals surface area contributed by atoms with Crippen molar-refractivity contribution in [3.63, 3.8) is 0 Å². The summed E-state index contributed by atoms with van der Waals surface area (Å²) in [6.07, 6.45) is 3.75. The van der Waals surface area contributed by atoms with Crippen LogP contribution in [0.15, 0.2) is 0 Å². The zero-order valence-electron chi connectivity index (χ0n) is 12.8. The molecule has 0 amide bonds. The minimum atomic E-state index is -0.646. The van der Waals surface area contributed by atoms with Crippen LogP contribution in [0.5, 0.6) is 0 Å². The number of anilines is 1. The highest BCUT2D eigenvalue weighted by atomic mass is 35.5. The Morgan fingerprint density at radius 1 is 1.15 bits per heavy atom. The lowest BCUT2D eigenvalue weighted by atomic mass is 9.71. The summed E-state index contributed by atoms with van der Waals surface area (Å²) < 4.78 is 0. The number of rotatable bonds is 3. The molecular formula is C15H24ClN3O. The first-order valence-corrected chi connectivity index (χ1v) is 7.56. The fourth-order valence-electron chi connectivity index (χ4n) is 2.58. The summed E-state index contributed by atoms with van der Waals surface area (Å²) in [4.78, 5) is 8.48.